The number of aromatic nitrogens is 3. The van der Waals surface area contributed by atoms with Gasteiger partial charge in [-0.25, -0.2) is 0 Å². The maximum absolute atomic E-state index is 11.0. The van der Waals surface area contributed by atoms with Crippen LogP contribution in [-0.4, -0.2) is 39.5 Å². The van der Waals surface area contributed by atoms with Gasteiger partial charge in [-0.05, 0) is 0 Å². The van der Waals surface area contributed by atoms with Gasteiger partial charge in [0.1, 0.15) is 0 Å². The van der Waals surface area contributed by atoms with E-state index in [1.54, 1.807) is 16.5 Å². The van der Waals surface area contributed by atoms with Crippen molar-refractivity contribution < 1.29 is 10.2 Å². The van der Waals surface area contributed by atoms with Crippen molar-refractivity contribution in [2.24, 2.45) is 0 Å². The molecule has 0 fully saturated rings. The van der Waals surface area contributed by atoms with E-state index in [-0.39, 0.29) is 26.6 Å². The first-order valence-electron chi connectivity index (χ1n) is 9.84. The molecular weight excluding hydrogens is 453 g/mol. The van der Waals surface area contributed by atoms with E-state index in [9.17, 15) is 10.2 Å². The summed E-state index contributed by atoms with van der Waals surface area (Å²) in [5.74, 6) is 0.334. The minimum absolute atomic E-state index is 0.0861. The first kappa shape index (κ1) is 19.4. The number of hydrogen-bond acceptors (Lipinski definition) is 4. The van der Waals surface area contributed by atoms with Crippen LogP contribution in [0, 0.1) is 0 Å². The second kappa shape index (κ2) is 8.26. The molecule has 5 aromatic rings. The summed E-state index contributed by atoms with van der Waals surface area (Å²) in [6.07, 6.45) is 2.35. The molecule has 0 radical (unpaired) electrons. The number of rotatable bonds is 5. The Morgan fingerprint density at radius 1 is 0.774 bits per heavy atom. The first-order valence-corrected chi connectivity index (χ1v) is 11.6. The van der Waals surface area contributed by atoms with Crippen LogP contribution in [0.4, 0.5) is 0 Å². The molecule has 0 saturated carbocycles. The SMILES string of the molecule is Oc1ccc(-c2cn3c(O)c(Cc4ccccc4)nc3c([Se]c3ccccc3)n2)cc1. The standard InChI is InChI=1S/C25H19N3O2Se/c29-19-13-11-18(12-14-19)22-16-28-23(24(27-22)31-20-9-5-2-6-10-20)26-21(25(28)30)15-17-7-3-1-4-8-17/h1-14,16,29-30H,15H2. The number of hydrogen-bond donors (Lipinski definition) is 2. The van der Waals surface area contributed by atoms with Gasteiger partial charge < -0.3 is 0 Å². The van der Waals surface area contributed by atoms with E-state index in [0.717, 1.165) is 21.4 Å². The zero-order valence-electron chi connectivity index (χ0n) is 16.5. The average Bonchev–Trinajstić information content (AvgIpc) is 3.11. The van der Waals surface area contributed by atoms with Gasteiger partial charge in [0.25, 0.3) is 0 Å². The van der Waals surface area contributed by atoms with Crippen molar-refractivity contribution in [3.05, 3.63) is 102 Å². The van der Waals surface area contributed by atoms with Crippen molar-refractivity contribution in [2.75, 3.05) is 0 Å². The number of benzene rings is 3. The average molecular weight is 472 g/mol. The van der Waals surface area contributed by atoms with Gasteiger partial charge in [0.05, 0.1) is 0 Å². The fourth-order valence-electron chi connectivity index (χ4n) is 3.40. The van der Waals surface area contributed by atoms with Crippen LogP contribution in [-0.2, 0) is 6.42 Å². The van der Waals surface area contributed by atoms with Crippen LogP contribution in [0.2, 0.25) is 0 Å². The molecule has 0 unspecified atom stereocenters. The second-order valence-electron chi connectivity index (χ2n) is 7.13. The monoisotopic (exact) mass is 473 g/mol. The number of aromatic hydroxyl groups is 2. The summed E-state index contributed by atoms with van der Waals surface area (Å²) in [7, 11) is 0. The Kier molecular flexibility index (Phi) is 5.16. The molecule has 5 rings (SSSR count). The molecule has 0 amide bonds. The van der Waals surface area contributed by atoms with Gasteiger partial charge in [0, 0.05) is 0 Å². The number of fused-ring (bicyclic) bond motifs is 1. The molecule has 0 spiro atoms. The van der Waals surface area contributed by atoms with Crippen molar-refractivity contribution in [3.8, 4) is 22.9 Å². The predicted octanol–water partition coefficient (Wildman–Crippen LogP) is 3.05. The Balaban J connectivity index is 1.65. The zero-order valence-corrected chi connectivity index (χ0v) is 18.2. The third-order valence-corrected chi connectivity index (χ3v) is 7.00. The van der Waals surface area contributed by atoms with Crippen molar-refractivity contribution >= 4 is 29.7 Å². The number of nitrogens with zero attached hydrogens (tertiary/aromatic N) is 3. The van der Waals surface area contributed by atoms with E-state index < -0.39 is 0 Å². The van der Waals surface area contributed by atoms with Crippen LogP contribution in [0.1, 0.15) is 11.3 Å². The Morgan fingerprint density at radius 3 is 2.16 bits per heavy atom. The molecule has 0 aliphatic rings. The molecule has 0 aliphatic carbocycles. The van der Waals surface area contributed by atoms with Crippen LogP contribution < -0.4 is 9.05 Å². The van der Waals surface area contributed by atoms with Gasteiger partial charge in [-0.3, -0.25) is 0 Å². The van der Waals surface area contributed by atoms with Crippen LogP contribution in [0.25, 0.3) is 16.9 Å². The summed E-state index contributed by atoms with van der Waals surface area (Å²) in [4.78, 5) is 9.69. The van der Waals surface area contributed by atoms with Crippen molar-refractivity contribution in [1.29, 1.82) is 0 Å². The van der Waals surface area contributed by atoms with Crippen molar-refractivity contribution in [2.45, 2.75) is 6.42 Å². The van der Waals surface area contributed by atoms with E-state index in [2.05, 4.69) is 12.1 Å². The summed E-state index contributed by atoms with van der Waals surface area (Å²) in [6, 6.07) is 27.1. The van der Waals surface area contributed by atoms with Crippen LogP contribution in [0.3, 0.4) is 0 Å². The molecule has 5 nitrogen and oxygen atoms in total. The van der Waals surface area contributed by atoms with Gasteiger partial charge in [0.15, 0.2) is 0 Å². The second-order valence-corrected chi connectivity index (χ2v) is 9.36. The molecule has 3 aromatic carbocycles. The molecule has 0 saturated heterocycles. The van der Waals surface area contributed by atoms with Crippen LogP contribution >= 0.6 is 0 Å². The fourth-order valence-corrected chi connectivity index (χ4v) is 5.28. The van der Waals surface area contributed by atoms with Crippen molar-refractivity contribution in [1.82, 2.24) is 14.4 Å². The molecular formula is C25H19N3O2Se. The van der Waals surface area contributed by atoms with Crippen LogP contribution in [0.5, 0.6) is 11.6 Å². The molecule has 152 valence electrons. The topological polar surface area (TPSA) is 70.7 Å². The van der Waals surface area contributed by atoms with E-state index in [4.69, 9.17) is 9.97 Å². The molecule has 0 atom stereocenters. The zero-order chi connectivity index (χ0) is 21.2. The summed E-state index contributed by atoms with van der Waals surface area (Å²) in [5, 5.41) is 20.6. The Hall–Kier alpha value is -3.60. The van der Waals surface area contributed by atoms with E-state index in [0.29, 0.717) is 17.8 Å². The summed E-state index contributed by atoms with van der Waals surface area (Å²) in [5.41, 5.74) is 3.97. The van der Waals surface area contributed by atoms with Gasteiger partial charge >= 0.3 is 186 Å². The van der Waals surface area contributed by atoms with Crippen LogP contribution in [0.15, 0.2) is 91.1 Å². The Morgan fingerprint density at radius 2 is 1.45 bits per heavy atom. The summed E-state index contributed by atoms with van der Waals surface area (Å²) in [6.45, 7) is 0. The van der Waals surface area contributed by atoms with E-state index in [1.807, 2.05) is 66.9 Å². The van der Waals surface area contributed by atoms with Gasteiger partial charge in [-0.2, -0.15) is 0 Å². The molecule has 6 heteroatoms. The molecule has 2 heterocycles. The Bertz CT molecular complexity index is 1330. The Labute approximate surface area is 185 Å². The first-order chi connectivity index (χ1) is 15.2. The number of imidazole rings is 1. The predicted molar refractivity (Wildman–Crippen MR) is 122 cm³/mol. The normalized spacial score (nSPS) is 11.1. The van der Waals surface area contributed by atoms with E-state index in [1.165, 1.54) is 4.46 Å². The van der Waals surface area contributed by atoms with Gasteiger partial charge in [0.2, 0.25) is 0 Å². The quantitative estimate of drug-likeness (QED) is 0.386. The fraction of sp³-hybridized carbons (Fsp3) is 0.0400. The maximum atomic E-state index is 11.0. The molecule has 2 N–H and O–H groups in total. The number of phenolic OH excluding ortho intramolecular Hbond substituents is 1. The van der Waals surface area contributed by atoms with Gasteiger partial charge in [-0.1, -0.05) is 0 Å². The summed E-state index contributed by atoms with van der Waals surface area (Å²) >= 11 is -0.0861. The summed E-state index contributed by atoms with van der Waals surface area (Å²) < 4.78 is 3.76. The third-order valence-electron chi connectivity index (χ3n) is 4.96. The van der Waals surface area contributed by atoms with Gasteiger partial charge in [-0.15, -0.1) is 0 Å². The van der Waals surface area contributed by atoms with Crippen molar-refractivity contribution in [3.63, 3.8) is 0 Å². The number of phenols is 1. The molecule has 0 bridgehead atoms. The minimum atomic E-state index is -0.0861. The molecule has 0 aliphatic heterocycles. The molecule has 2 aromatic heterocycles. The third kappa shape index (κ3) is 4.04. The van der Waals surface area contributed by atoms with E-state index >= 15 is 0 Å². The molecule has 31 heavy (non-hydrogen) atoms.